The lowest BCUT2D eigenvalue weighted by Gasteiger charge is -2.38. The van der Waals surface area contributed by atoms with Crippen LogP contribution in [0.25, 0.3) is 0 Å². The predicted molar refractivity (Wildman–Crippen MR) is 121 cm³/mol. The average molecular weight is 450 g/mol. The number of fused-ring (bicyclic) bond motifs is 1. The van der Waals surface area contributed by atoms with Gasteiger partial charge in [0.2, 0.25) is 5.91 Å². The number of anilines is 1. The molecule has 0 aliphatic carbocycles. The molecule has 2 atom stereocenters. The molecule has 0 saturated carbocycles. The SMILES string of the molecule is CC1C(c2ccccc2)OC(=O)N1C1CCN(C(=O)CN2C(=O)COc3ccccc32)CC1. The van der Waals surface area contributed by atoms with Gasteiger partial charge in [0.25, 0.3) is 5.91 Å². The fourth-order valence-corrected chi connectivity index (χ4v) is 5.01. The molecule has 0 bridgehead atoms. The van der Waals surface area contributed by atoms with Gasteiger partial charge < -0.3 is 14.4 Å². The fraction of sp³-hybridized carbons (Fsp3) is 0.400. The molecule has 3 heterocycles. The van der Waals surface area contributed by atoms with E-state index in [1.807, 2.05) is 54.3 Å². The van der Waals surface area contributed by atoms with Crippen molar-refractivity contribution in [1.82, 2.24) is 9.80 Å². The van der Waals surface area contributed by atoms with E-state index in [2.05, 4.69) is 0 Å². The van der Waals surface area contributed by atoms with E-state index >= 15 is 0 Å². The van der Waals surface area contributed by atoms with Gasteiger partial charge in [-0.25, -0.2) is 4.79 Å². The number of hydrogen-bond donors (Lipinski definition) is 0. The summed E-state index contributed by atoms with van der Waals surface area (Å²) in [5.41, 5.74) is 1.61. The van der Waals surface area contributed by atoms with E-state index in [0.29, 0.717) is 37.4 Å². The third-order valence-electron chi connectivity index (χ3n) is 6.76. The van der Waals surface area contributed by atoms with Crippen molar-refractivity contribution >= 4 is 23.6 Å². The number of piperidine rings is 1. The van der Waals surface area contributed by atoms with Gasteiger partial charge in [0.1, 0.15) is 18.4 Å². The summed E-state index contributed by atoms with van der Waals surface area (Å²) in [5, 5.41) is 0. The molecule has 0 aromatic heterocycles. The lowest BCUT2D eigenvalue weighted by Crippen LogP contribution is -2.52. The number of hydrogen-bond acceptors (Lipinski definition) is 5. The van der Waals surface area contributed by atoms with Crippen LogP contribution in [0, 0.1) is 0 Å². The molecule has 2 aromatic carbocycles. The molecule has 0 N–H and O–H groups in total. The highest BCUT2D eigenvalue weighted by molar-refractivity contribution is 6.02. The summed E-state index contributed by atoms with van der Waals surface area (Å²) in [4.78, 5) is 43.2. The summed E-state index contributed by atoms with van der Waals surface area (Å²) in [6, 6.07) is 17.0. The van der Waals surface area contributed by atoms with Gasteiger partial charge in [-0.15, -0.1) is 0 Å². The second kappa shape index (κ2) is 8.77. The van der Waals surface area contributed by atoms with Crippen molar-refractivity contribution in [2.75, 3.05) is 31.1 Å². The Kier molecular flexibility index (Phi) is 5.66. The van der Waals surface area contributed by atoms with Gasteiger partial charge >= 0.3 is 6.09 Å². The highest BCUT2D eigenvalue weighted by Crippen LogP contribution is 2.36. The largest absolute Gasteiger partial charge is 0.482 e. The van der Waals surface area contributed by atoms with Crippen LogP contribution < -0.4 is 9.64 Å². The molecule has 172 valence electrons. The highest BCUT2D eigenvalue weighted by Gasteiger charge is 2.44. The molecule has 8 nitrogen and oxygen atoms in total. The van der Waals surface area contributed by atoms with Crippen LogP contribution in [0.5, 0.6) is 5.75 Å². The molecule has 3 amide bonds. The van der Waals surface area contributed by atoms with Crippen LogP contribution >= 0.6 is 0 Å². The monoisotopic (exact) mass is 449 g/mol. The Morgan fingerprint density at radius 3 is 2.45 bits per heavy atom. The van der Waals surface area contributed by atoms with Crippen molar-refractivity contribution in [2.24, 2.45) is 0 Å². The smallest absolute Gasteiger partial charge is 0.411 e. The van der Waals surface area contributed by atoms with Crippen molar-refractivity contribution in [3.63, 3.8) is 0 Å². The summed E-state index contributed by atoms with van der Waals surface area (Å²) < 4.78 is 11.2. The maximum Gasteiger partial charge on any atom is 0.411 e. The van der Waals surface area contributed by atoms with Crippen molar-refractivity contribution < 1.29 is 23.9 Å². The summed E-state index contributed by atoms with van der Waals surface area (Å²) in [6.07, 6.45) is 0.781. The van der Waals surface area contributed by atoms with Crippen LogP contribution in [-0.2, 0) is 14.3 Å². The number of carbonyl (C=O) groups excluding carboxylic acids is 3. The number of carbonyl (C=O) groups is 3. The molecule has 8 heteroatoms. The van der Waals surface area contributed by atoms with Crippen molar-refractivity contribution in [3.05, 3.63) is 60.2 Å². The van der Waals surface area contributed by atoms with Crippen LogP contribution in [0.2, 0.25) is 0 Å². The number of rotatable bonds is 4. The molecule has 3 aliphatic heterocycles. The van der Waals surface area contributed by atoms with E-state index in [-0.39, 0.29) is 49.2 Å². The number of amides is 3. The molecular formula is C25H27N3O5. The van der Waals surface area contributed by atoms with Crippen LogP contribution in [0.4, 0.5) is 10.5 Å². The first-order valence-electron chi connectivity index (χ1n) is 11.4. The zero-order valence-electron chi connectivity index (χ0n) is 18.6. The van der Waals surface area contributed by atoms with E-state index in [1.54, 1.807) is 17.0 Å². The van der Waals surface area contributed by atoms with Crippen molar-refractivity contribution in [1.29, 1.82) is 0 Å². The predicted octanol–water partition coefficient (Wildman–Crippen LogP) is 2.99. The lowest BCUT2D eigenvalue weighted by atomic mass is 9.98. The maximum absolute atomic E-state index is 13.0. The molecule has 0 spiro atoms. The van der Waals surface area contributed by atoms with Crippen molar-refractivity contribution in [3.8, 4) is 5.75 Å². The second-order valence-corrected chi connectivity index (χ2v) is 8.71. The van der Waals surface area contributed by atoms with Crippen LogP contribution in [0.15, 0.2) is 54.6 Å². The Bertz CT molecular complexity index is 1050. The summed E-state index contributed by atoms with van der Waals surface area (Å²) in [6.45, 7) is 3.01. The van der Waals surface area contributed by atoms with Gasteiger partial charge in [-0.3, -0.25) is 19.4 Å². The Balaban J connectivity index is 1.20. The van der Waals surface area contributed by atoms with Crippen LogP contribution in [0.1, 0.15) is 31.4 Å². The topological polar surface area (TPSA) is 79.4 Å². The van der Waals surface area contributed by atoms with E-state index in [0.717, 1.165) is 5.56 Å². The van der Waals surface area contributed by atoms with E-state index < -0.39 is 0 Å². The van der Waals surface area contributed by atoms with Gasteiger partial charge in [-0.05, 0) is 37.5 Å². The van der Waals surface area contributed by atoms with E-state index in [4.69, 9.17) is 9.47 Å². The van der Waals surface area contributed by atoms with Gasteiger partial charge in [0.15, 0.2) is 6.61 Å². The third kappa shape index (κ3) is 4.01. The summed E-state index contributed by atoms with van der Waals surface area (Å²) in [5.74, 6) is 0.286. The Morgan fingerprint density at radius 1 is 1.00 bits per heavy atom. The molecule has 5 rings (SSSR count). The molecule has 2 fully saturated rings. The molecule has 2 saturated heterocycles. The first-order valence-corrected chi connectivity index (χ1v) is 11.4. The summed E-state index contributed by atoms with van der Waals surface area (Å²) >= 11 is 0. The minimum Gasteiger partial charge on any atom is -0.482 e. The van der Waals surface area contributed by atoms with Crippen molar-refractivity contribution in [2.45, 2.75) is 38.0 Å². The molecule has 33 heavy (non-hydrogen) atoms. The highest BCUT2D eigenvalue weighted by atomic mass is 16.6. The molecule has 2 unspecified atom stereocenters. The summed E-state index contributed by atoms with van der Waals surface area (Å²) in [7, 11) is 0. The van der Waals surface area contributed by atoms with E-state index in [1.165, 1.54) is 4.90 Å². The van der Waals surface area contributed by atoms with Gasteiger partial charge in [-0.1, -0.05) is 42.5 Å². The Morgan fingerprint density at radius 2 is 1.70 bits per heavy atom. The minimum absolute atomic E-state index is 0.0118. The molecule has 2 aromatic rings. The lowest BCUT2D eigenvalue weighted by molar-refractivity contribution is -0.133. The first kappa shape index (κ1) is 21.3. The molecular weight excluding hydrogens is 422 g/mol. The fourth-order valence-electron chi connectivity index (χ4n) is 5.01. The minimum atomic E-state index is -0.295. The molecule has 3 aliphatic rings. The number of benzene rings is 2. The third-order valence-corrected chi connectivity index (χ3v) is 6.76. The number of cyclic esters (lactones) is 1. The number of ether oxygens (including phenoxy) is 2. The van der Waals surface area contributed by atoms with Gasteiger partial charge in [0.05, 0.1) is 11.7 Å². The second-order valence-electron chi connectivity index (χ2n) is 8.71. The number of nitrogens with zero attached hydrogens (tertiary/aromatic N) is 3. The number of likely N-dealkylation sites (tertiary alicyclic amines) is 1. The normalized spacial score (nSPS) is 23.2. The molecule has 0 radical (unpaired) electrons. The first-order chi connectivity index (χ1) is 16.0. The van der Waals surface area contributed by atoms with Gasteiger partial charge in [-0.2, -0.15) is 0 Å². The average Bonchev–Trinajstić information content (AvgIpc) is 3.15. The van der Waals surface area contributed by atoms with Crippen LogP contribution in [0.3, 0.4) is 0 Å². The Labute approximate surface area is 192 Å². The quantitative estimate of drug-likeness (QED) is 0.717. The zero-order chi connectivity index (χ0) is 22.9. The van der Waals surface area contributed by atoms with E-state index in [9.17, 15) is 14.4 Å². The maximum atomic E-state index is 13.0. The standard InChI is InChI=1S/C25H27N3O5/c1-17-24(18-7-3-2-4-8-18)33-25(31)28(17)19-11-13-26(14-12-19)22(29)15-27-20-9-5-6-10-21(20)32-16-23(27)30/h2-10,17,19,24H,11-16H2,1H3. The number of para-hydroxylation sites is 2. The zero-order valence-corrected chi connectivity index (χ0v) is 18.6. The van der Waals surface area contributed by atoms with Crippen LogP contribution in [-0.4, -0.2) is 66.0 Å². The Hall–Kier alpha value is -3.55. The van der Waals surface area contributed by atoms with Gasteiger partial charge in [0, 0.05) is 19.1 Å².